The second-order valence-electron chi connectivity index (χ2n) is 6.05. The number of aromatic nitrogens is 4. The van der Waals surface area contributed by atoms with E-state index < -0.39 is 5.60 Å². The number of pyridine rings is 1. The Hall–Kier alpha value is -2.31. The lowest BCUT2D eigenvalue weighted by Crippen LogP contribution is -2.38. The molecule has 3 heterocycles. The van der Waals surface area contributed by atoms with Gasteiger partial charge < -0.3 is 9.84 Å². The molecule has 23 heavy (non-hydrogen) atoms. The molecule has 0 saturated carbocycles. The molecule has 0 radical (unpaired) electrons. The molecule has 4 rings (SSSR count). The molecular weight excluding hydrogens is 292 g/mol. The van der Waals surface area contributed by atoms with Crippen molar-refractivity contribution in [3.63, 3.8) is 0 Å². The maximum Gasteiger partial charge on any atom is 0.0860 e. The maximum atomic E-state index is 10.6. The summed E-state index contributed by atoms with van der Waals surface area (Å²) in [6.45, 7) is 1.20. The molecule has 0 unspecified atom stereocenters. The molecular formula is C17H18N4O2. The highest BCUT2D eigenvalue weighted by atomic mass is 16.5. The fourth-order valence-electron chi connectivity index (χ4n) is 2.98. The van der Waals surface area contributed by atoms with Crippen LogP contribution in [0.2, 0.25) is 0 Å². The summed E-state index contributed by atoms with van der Waals surface area (Å²) in [5.41, 5.74) is 1.95. The van der Waals surface area contributed by atoms with Crippen molar-refractivity contribution in [2.24, 2.45) is 0 Å². The Kier molecular flexibility index (Phi) is 3.55. The van der Waals surface area contributed by atoms with Crippen molar-refractivity contribution in [1.82, 2.24) is 20.0 Å². The lowest BCUT2D eigenvalue weighted by atomic mass is 9.90. The summed E-state index contributed by atoms with van der Waals surface area (Å²) in [6.07, 6.45) is 5.45. The van der Waals surface area contributed by atoms with E-state index in [0.717, 1.165) is 22.3 Å². The molecule has 1 aromatic carbocycles. The van der Waals surface area contributed by atoms with Gasteiger partial charge in [0.1, 0.15) is 0 Å². The van der Waals surface area contributed by atoms with Crippen LogP contribution in [0.25, 0.3) is 16.6 Å². The van der Waals surface area contributed by atoms with Gasteiger partial charge in [-0.1, -0.05) is 11.3 Å². The smallest absolute Gasteiger partial charge is 0.0860 e. The average molecular weight is 310 g/mol. The maximum absolute atomic E-state index is 10.6. The molecule has 2 aromatic heterocycles. The molecule has 6 heteroatoms. The molecule has 1 aliphatic heterocycles. The molecule has 0 bridgehead atoms. The molecule has 118 valence electrons. The van der Waals surface area contributed by atoms with Crippen molar-refractivity contribution < 1.29 is 9.84 Å². The van der Waals surface area contributed by atoms with E-state index in [1.807, 2.05) is 36.5 Å². The number of aliphatic hydroxyl groups is 1. The number of nitrogens with zero attached hydrogens (tertiary/aromatic N) is 4. The molecule has 0 spiro atoms. The van der Waals surface area contributed by atoms with Crippen molar-refractivity contribution in [3.8, 4) is 5.69 Å². The van der Waals surface area contributed by atoms with E-state index in [9.17, 15) is 5.11 Å². The van der Waals surface area contributed by atoms with E-state index in [2.05, 4.69) is 15.3 Å². The lowest BCUT2D eigenvalue weighted by molar-refractivity contribution is -0.0630. The van der Waals surface area contributed by atoms with Crippen LogP contribution in [0.3, 0.4) is 0 Å². The van der Waals surface area contributed by atoms with Gasteiger partial charge in [-0.25, -0.2) is 4.68 Å². The summed E-state index contributed by atoms with van der Waals surface area (Å²) in [4.78, 5) is 4.32. The van der Waals surface area contributed by atoms with E-state index in [1.54, 1.807) is 10.9 Å². The molecule has 6 nitrogen and oxygen atoms in total. The van der Waals surface area contributed by atoms with Gasteiger partial charge in [0.05, 0.1) is 28.7 Å². The molecule has 1 N–H and O–H groups in total. The minimum atomic E-state index is -0.730. The zero-order valence-corrected chi connectivity index (χ0v) is 12.7. The van der Waals surface area contributed by atoms with Crippen LogP contribution in [0.5, 0.6) is 0 Å². The molecule has 0 amide bonds. The van der Waals surface area contributed by atoms with Gasteiger partial charge in [-0.15, -0.1) is 5.10 Å². The first-order chi connectivity index (χ1) is 11.2. The quantitative estimate of drug-likeness (QED) is 0.800. The van der Waals surface area contributed by atoms with Crippen LogP contribution in [0, 0.1) is 0 Å². The number of benzene rings is 1. The second kappa shape index (κ2) is 5.72. The van der Waals surface area contributed by atoms with E-state index in [0.29, 0.717) is 32.5 Å². The summed E-state index contributed by atoms with van der Waals surface area (Å²) < 4.78 is 7.05. The normalized spacial score (nSPS) is 17.4. The van der Waals surface area contributed by atoms with Crippen LogP contribution >= 0.6 is 0 Å². The minimum absolute atomic E-state index is 0.505. The Morgan fingerprint density at radius 1 is 1.22 bits per heavy atom. The Balaban J connectivity index is 1.59. The van der Waals surface area contributed by atoms with Gasteiger partial charge in [-0.2, -0.15) is 0 Å². The highest BCUT2D eigenvalue weighted by Crippen LogP contribution is 2.24. The summed E-state index contributed by atoms with van der Waals surface area (Å²) in [5.74, 6) is 0. The molecule has 1 saturated heterocycles. The number of rotatable bonds is 3. The topological polar surface area (TPSA) is 73.1 Å². The van der Waals surface area contributed by atoms with Crippen molar-refractivity contribution in [3.05, 3.63) is 48.4 Å². The van der Waals surface area contributed by atoms with Crippen LogP contribution in [0.4, 0.5) is 0 Å². The Morgan fingerprint density at radius 2 is 2.09 bits per heavy atom. The Labute approximate surface area is 133 Å². The van der Waals surface area contributed by atoms with Crippen LogP contribution in [0.15, 0.2) is 42.7 Å². The zero-order valence-electron chi connectivity index (χ0n) is 12.7. The minimum Gasteiger partial charge on any atom is -0.389 e. The number of hydrogen-bond donors (Lipinski definition) is 1. The van der Waals surface area contributed by atoms with Crippen LogP contribution in [-0.2, 0) is 11.2 Å². The molecule has 1 aliphatic rings. The number of ether oxygens (including phenoxy) is 1. The van der Waals surface area contributed by atoms with Crippen molar-refractivity contribution in [2.75, 3.05) is 13.2 Å². The first kappa shape index (κ1) is 14.3. The SMILES string of the molecule is OC1(Cc2cn(-c3ccc4ncccc4c3)nn2)CCOCC1. The second-order valence-corrected chi connectivity index (χ2v) is 6.05. The molecule has 0 atom stereocenters. The highest BCUT2D eigenvalue weighted by molar-refractivity contribution is 5.80. The predicted molar refractivity (Wildman–Crippen MR) is 85.4 cm³/mol. The lowest BCUT2D eigenvalue weighted by Gasteiger charge is -2.31. The van der Waals surface area contributed by atoms with Gasteiger partial charge in [0.25, 0.3) is 0 Å². The molecule has 0 aliphatic carbocycles. The summed E-state index contributed by atoms with van der Waals surface area (Å²) in [6, 6.07) is 9.91. The third-order valence-electron chi connectivity index (χ3n) is 4.33. The van der Waals surface area contributed by atoms with Crippen LogP contribution in [0.1, 0.15) is 18.5 Å². The van der Waals surface area contributed by atoms with Gasteiger partial charge in [0.15, 0.2) is 0 Å². The zero-order chi connectivity index (χ0) is 15.7. The first-order valence-corrected chi connectivity index (χ1v) is 7.78. The summed E-state index contributed by atoms with van der Waals surface area (Å²) in [7, 11) is 0. The monoisotopic (exact) mass is 310 g/mol. The Bertz CT molecular complexity index is 824. The number of hydrogen-bond acceptors (Lipinski definition) is 5. The molecule has 3 aromatic rings. The average Bonchev–Trinajstić information content (AvgIpc) is 3.03. The van der Waals surface area contributed by atoms with Gasteiger partial charge in [0, 0.05) is 31.2 Å². The van der Waals surface area contributed by atoms with Gasteiger partial charge in [0.2, 0.25) is 0 Å². The van der Waals surface area contributed by atoms with Crippen molar-refractivity contribution in [1.29, 1.82) is 0 Å². The van der Waals surface area contributed by atoms with Gasteiger partial charge in [-0.05, 0) is 37.1 Å². The summed E-state index contributed by atoms with van der Waals surface area (Å²) >= 11 is 0. The largest absolute Gasteiger partial charge is 0.389 e. The van der Waals surface area contributed by atoms with E-state index >= 15 is 0 Å². The Morgan fingerprint density at radius 3 is 2.96 bits per heavy atom. The number of fused-ring (bicyclic) bond motifs is 1. The van der Waals surface area contributed by atoms with Gasteiger partial charge in [-0.3, -0.25) is 4.98 Å². The third-order valence-corrected chi connectivity index (χ3v) is 4.33. The highest BCUT2D eigenvalue weighted by Gasteiger charge is 2.31. The van der Waals surface area contributed by atoms with E-state index in [1.165, 1.54) is 0 Å². The van der Waals surface area contributed by atoms with Crippen molar-refractivity contribution in [2.45, 2.75) is 24.9 Å². The fraction of sp³-hybridized carbons (Fsp3) is 0.353. The summed E-state index contributed by atoms with van der Waals surface area (Å²) in [5, 5.41) is 20.0. The van der Waals surface area contributed by atoms with E-state index in [4.69, 9.17) is 4.74 Å². The van der Waals surface area contributed by atoms with Crippen LogP contribution in [-0.4, -0.2) is 43.9 Å². The van der Waals surface area contributed by atoms with Gasteiger partial charge >= 0.3 is 0 Å². The predicted octanol–water partition coefficient (Wildman–Crippen LogP) is 1.90. The fourth-order valence-corrected chi connectivity index (χ4v) is 2.98. The van der Waals surface area contributed by atoms with Crippen LogP contribution < -0.4 is 0 Å². The van der Waals surface area contributed by atoms with Crippen molar-refractivity contribution >= 4 is 10.9 Å². The third kappa shape index (κ3) is 2.95. The first-order valence-electron chi connectivity index (χ1n) is 7.78. The standard InChI is InChI=1S/C17H18N4O2/c22-17(5-8-23-9-6-17)11-14-12-21(20-19-14)15-3-4-16-13(10-15)2-1-7-18-16/h1-4,7,10,12,22H,5-6,8-9,11H2. The van der Waals surface area contributed by atoms with E-state index in [-0.39, 0.29) is 0 Å². The molecule has 1 fully saturated rings.